The van der Waals surface area contributed by atoms with Crippen LogP contribution >= 0.6 is 0 Å². The molecule has 1 heterocycles. The lowest BCUT2D eigenvalue weighted by molar-refractivity contribution is 0.445. The second-order valence-corrected chi connectivity index (χ2v) is 7.29. The van der Waals surface area contributed by atoms with Crippen molar-refractivity contribution in [1.82, 2.24) is 0 Å². The first-order chi connectivity index (χ1) is 9.41. The molecule has 6 nitrogen and oxygen atoms in total. The fraction of sp³-hybridized carbons (Fsp3) is 0.538. The monoisotopic (exact) mass is 294 g/mol. The van der Waals surface area contributed by atoms with Crippen LogP contribution in [0.25, 0.3) is 10.4 Å². The van der Waals surface area contributed by atoms with Gasteiger partial charge in [0.05, 0.1) is 10.6 Å². The van der Waals surface area contributed by atoms with Crippen molar-refractivity contribution in [2.75, 3.05) is 24.2 Å². The Morgan fingerprint density at radius 2 is 2.20 bits per heavy atom. The number of nitrogens with zero attached hydrogens (tertiary/aromatic N) is 4. The molecule has 1 saturated heterocycles. The summed E-state index contributed by atoms with van der Waals surface area (Å²) in [4.78, 5) is 5.12. The van der Waals surface area contributed by atoms with Crippen molar-refractivity contribution >= 4 is 21.2 Å². The largest absolute Gasteiger partial charge is 0.370 e. The predicted octanol–water partition coefficient (Wildman–Crippen LogP) is 3.27. The van der Waals surface area contributed by atoms with E-state index in [9.17, 15) is 8.42 Å². The summed E-state index contributed by atoms with van der Waals surface area (Å²) in [6.07, 6.45) is 3.39. The molecule has 0 aromatic heterocycles. The minimum absolute atomic E-state index is 0.295. The van der Waals surface area contributed by atoms with E-state index in [0.717, 1.165) is 25.9 Å². The Balaban J connectivity index is 2.51. The highest BCUT2D eigenvalue weighted by atomic mass is 32.2. The third-order valence-electron chi connectivity index (χ3n) is 3.50. The van der Waals surface area contributed by atoms with Gasteiger partial charge < -0.3 is 4.90 Å². The molecule has 0 bridgehead atoms. The molecule has 0 aliphatic carbocycles. The maximum Gasteiger partial charge on any atom is 0.177 e. The smallest absolute Gasteiger partial charge is 0.177 e. The maximum atomic E-state index is 11.9. The first kappa shape index (κ1) is 14.7. The molecule has 0 N–H and O–H groups in total. The zero-order chi connectivity index (χ0) is 14.8. The van der Waals surface area contributed by atoms with E-state index in [-0.39, 0.29) is 0 Å². The number of benzene rings is 1. The number of rotatable bonds is 3. The Morgan fingerprint density at radius 1 is 1.45 bits per heavy atom. The summed E-state index contributed by atoms with van der Waals surface area (Å²) in [6.45, 7) is 3.80. The van der Waals surface area contributed by atoms with Gasteiger partial charge in [-0.3, -0.25) is 0 Å². The van der Waals surface area contributed by atoms with Crippen molar-refractivity contribution in [1.29, 1.82) is 0 Å². The molecule has 20 heavy (non-hydrogen) atoms. The fourth-order valence-corrected chi connectivity index (χ4v) is 3.47. The summed E-state index contributed by atoms with van der Waals surface area (Å²) in [6, 6.07) is 4.72. The topological polar surface area (TPSA) is 86.1 Å². The summed E-state index contributed by atoms with van der Waals surface area (Å²) >= 11 is 0. The van der Waals surface area contributed by atoms with Gasteiger partial charge >= 0.3 is 0 Å². The average Bonchev–Trinajstić information content (AvgIpc) is 2.38. The lowest BCUT2D eigenvalue weighted by Crippen LogP contribution is -2.35. The average molecular weight is 294 g/mol. The summed E-state index contributed by atoms with van der Waals surface area (Å²) in [5.41, 5.74) is 9.60. The molecule has 1 aliphatic heterocycles. The van der Waals surface area contributed by atoms with Crippen LogP contribution in [0.1, 0.15) is 19.8 Å². The molecule has 1 aromatic carbocycles. The standard InChI is InChI=1S/C13H18N4O2S/c1-10-4-3-7-17(9-10)12-8-11(15-16-14)5-6-13(12)20(2,18)19/h5-6,8,10H,3-4,7,9H2,1-2H3. The van der Waals surface area contributed by atoms with Gasteiger partial charge in [0, 0.05) is 29.9 Å². The lowest BCUT2D eigenvalue weighted by Gasteiger charge is -2.34. The van der Waals surface area contributed by atoms with Crippen LogP contribution in [-0.4, -0.2) is 27.8 Å². The Bertz CT molecular complexity index is 650. The molecular weight excluding hydrogens is 276 g/mol. The molecule has 1 fully saturated rings. The molecule has 1 unspecified atom stereocenters. The van der Waals surface area contributed by atoms with E-state index in [2.05, 4.69) is 21.8 Å². The number of piperidine rings is 1. The molecular formula is C13H18N4O2S. The van der Waals surface area contributed by atoms with Crippen LogP contribution in [-0.2, 0) is 9.84 Å². The van der Waals surface area contributed by atoms with Gasteiger partial charge in [-0.15, -0.1) is 0 Å². The molecule has 0 spiro atoms. The van der Waals surface area contributed by atoms with Crippen LogP contribution in [0, 0.1) is 5.92 Å². The summed E-state index contributed by atoms with van der Waals surface area (Å²) in [7, 11) is -3.31. The molecule has 1 atom stereocenters. The zero-order valence-corrected chi connectivity index (χ0v) is 12.5. The molecule has 0 saturated carbocycles. The van der Waals surface area contributed by atoms with E-state index in [1.807, 2.05) is 0 Å². The first-order valence-corrected chi connectivity index (χ1v) is 8.45. The van der Waals surface area contributed by atoms with Crippen LogP contribution < -0.4 is 4.90 Å². The number of azide groups is 1. The SMILES string of the molecule is CC1CCCN(c2cc(N=[N+]=[N-])ccc2S(C)(=O)=O)C1. The van der Waals surface area contributed by atoms with Crippen molar-refractivity contribution in [3.05, 3.63) is 28.6 Å². The summed E-state index contributed by atoms with van der Waals surface area (Å²) in [5, 5.41) is 3.56. The Morgan fingerprint density at radius 3 is 2.80 bits per heavy atom. The van der Waals surface area contributed by atoms with Gasteiger partial charge in [0.2, 0.25) is 0 Å². The molecule has 1 aliphatic rings. The number of hydrogen-bond donors (Lipinski definition) is 0. The molecule has 108 valence electrons. The van der Waals surface area contributed by atoms with Gasteiger partial charge in [0.1, 0.15) is 0 Å². The van der Waals surface area contributed by atoms with Crippen LogP contribution in [0.2, 0.25) is 0 Å². The van der Waals surface area contributed by atoms with Gasteiger partial charge in [-0.05, 0) is 36.4 Å². The number of sulfone groups is 1. The normalized spacial score (nSPS) is 19.5. The Hall–Kier alpha value is -1.72. The van der Waals surface area contributed by atoms with Crippen LogP contribution in [0.4, 0.5) is 11.4 Å². The fourth-order valence-electron chi connectivity index (χ4n) is 2.59. The predicted molar refractivity (Wildman–Crippen MR) is 79.0 cm³/mol. The lowest BCUT2D eigenvalue weighted by atomic mass is 10.00. The minimum Gasteiger partial charge on any atom is -0.370 e. The Kier molecular flexibility index (Phi) is 4.20. The number of anilines is 1. The van der Waals surface area contributed by atoms with Crippen molar-refractivity contribution in [2.24, 2.45) is 11.0 Å². The van der Waals surface area contributed by atoms with E-state index in [0.29, 0.717) is 22.2 Å². The van der Waals surface area contributed by atoms with Gasteiger partial charge in [0.15, 0.2) is 9.84 Å². The third kappa shape index (κ3) is 3.23. The highest BCUT2D eigenvalue weighted by molar-refractivity contribution is 7.90. The first-order valence-electron chi connectivity index (χ1n) is 6.56. The molecule has 7 heteroatoms. The zero-order valence-electron chi connectivity index (χ0n) is 11.7. The van der Waals surface area contributed by atoms with Crippen molar-refractivity contribution < 1.29 is 8.42 Å². The summed E-state index contributed by atoms with van der Waals surface area (Å²) in [5.74, 6) is 0.527. The molecule has 2 rings (SSSR count). The Labute approximate surface area is 118 Å². The van der Waals surface area contributed by atoms with Crippen LogP contribution in [0.15, 0.2) is 28.2 Å². The van der Waals surface area contributed by atoms with Crippen molar-refractivity contribution in [2.45, 2.75) is 24.7 Å². The molecule has 0 amide bonds. The maximum absolute atomic E-state index is 11.9. The highest BCUT2D eigenvalue weighted by Crippen LogP contribution is 2.32. The number of hydrogen-bond acceptors (Lipinski definition) is 4. The second-order valence-electron chi connectivity index (χ2n) is 5.31. The summed E-state index contributed by atoms with van der Waals surface area (Å²) < 4.78 is 23.8. The molecule has 1 aromatic rings. The van der Waals surface area contributed by atoms with Crippen LogP contribution in [0.5, 0.6) is 0 Å². The second kappa shape index (κ2) is 5.73. The van der Waals surface area contributed by atoms with Gasteiger partial charge in [-0.2, -0.15) is 0 Å². The van der Waals surface area contributed by atoms with Gasteiger partial charge in [-0.1, -0.05) is 18.1 Å². The minimum atomic E-state index is -3.31. The third-order valence-corrected chi connectivity index (χ3v) is 4.64. The highest BCUT2D eigenvalue weighted by Gasteiger charge is 2.22. The van der Waals surface area contributed by atoms with Gasteiger partial charge in [0.25, 0.3) is 0 Å². The molecule has 0 radical (unpaired) electrons. The van der Waals surface area contributed by atoms with Crippen LogP contribution in [0.3, 0.4) is 0 Å². The van der Waals surface area contributed by atoms with E-state index in [1.165, 1.54) is 18.4 Å². The van der Waals surface area contributed by atoms with E-state index in [4.69, 9.17) is 5.53 Å². The quantitative estimate of drug-likeness (QED) is 0.487. The van der Waals surface area contributed by atoms with E-state index >= 15 is 0 Å². The van der Waals surface area contributed by atoms with E-state index < -0.39 is 9.84 Å². The van der Waals surface area contributed by atoms with Crippen molar-refractivity contribution in [3.63, 3.8) is 0 Å². The van der Waals surface area contributed by atoms with Crippen molar-refractivity contribution in [3.8, 4) is 0 Å². The van der Waals surface area contributed by atoms with Gasteiger partial charge in [-0.25, -0.2) is 8.42 Å². The van der Waals surface area contributed by atoms with E-state index in [1.54, 1.807) is 6.07 Å².